The smallest absolute Gasteiger partial charge is 0.00450 e. The van der Waals surface area contributed by atoms with Gasteiger partial charge >= 0.3 is 0 Å². The summed E-state index contributed by atoms with van der Waals surface area (Å²) in [6.45, 7) is 7.99. The third-order valence-electron chi connectivity index (χ3n) is 1.30. The first-order chi connectivity index (χ1) is 3.62. The van der Waals surface area contributed by atoms with Crippen LogP contribution in [0.25, 0.3) is 0 Å². The van der Waals surface area contributed by atoms with Crippen molar-refractivity contribution in [2.24, 2.45) is 5.41 Å². The van der Waals surface area contributed by atoms with Gasteiger partial charge in [-0.25, -0.2) is 0 Å². The van der Waals surface area contributed by atoms with Gasteiger partial charge in [0, 0.05) is 5.75 Å². The summed E-state index contributed by atoms with van der Waals surface area (Å²) >= 11 is 4.82. The van der Waals surface area contributed by atoms with Crippen LogP contribution in [0.3, 0.4) is 0 Å². The lowest BCUT2D eigenvalue weighted by Crippen LogP contribution is -2.06. The van der Waals surface area contributed by atoms with Crippen LogP contribution in [0.5, 0.6) is 0 Å². The fourth-order valence-electron chi connectivity index (χ4n) is 0.365. The molecule has 0 aliphatic heterocycles. The van der Waals surface area contributed by atoms with Crippen LogP contribution < -0.4 is 0 Å². The summed E-state index contributed by atoms with van der Waals surface area (Å²) in [6, 6.07) is 0. The predicted molar refractivity (Wildman–Crippen MR) is 41.1 cm³/mol. The summed E-state index contributed by atoms with van der Waals surface area (Å²) in [7, 11) is 0. The van der Waals surface area contributed by atoms with Crippen LogP contribution in [-0.2, 0) is 0 Å². The van der Waals surface area contributed by atoms with Crippen molar-refractivity contribution in [2.45, 2.75) is 20.3 Å². The molecule has 0 fully saturated rings. The lowest BCUT2D eigenvalue weighted by Gasteiger charge is -2.16. The van der Waals surface area contributed by atoms with Crippen molar-refractivity contribution in [3.05, 3.63) is 12.7 Å². The van der Waals surface area contributed by atoms with Crippen molar-refractivity contribution < 1.29 is 0 Å². The van der Waals surface area contributed by atoms with Gasteiger partial charge in [-0.1, -0.05) is 32.6 Å². The zero-order chi connectivity index (χ0) is 6.62. The highest BCUT2D eigenvalue weighted by Gasteiger charge is 2.09. The van der Waals surface area contributed by atoms with Crippen molar-refractivity contribution >= 4 is 12.6 Å². The molecule has 1 radical (unpaired) electrons. The molecule has 47 valence electrons. The minimum absolute atomic E-state index is 0.252. The van der Waals surface area contributed by atoms with Crippen LogP contribution in [0.4, 0.5) is 0 Å². The number of hydrogen-bond donors (Lipinski definition) is 0. The molecular formula is C7H13S. The Morgan fingerprint density at radius 2 is 2.12 bits per heavy atom. The monoisotopic (exact) mass is 129 g/mol. The first kappa shape index (κ1) is 8.09. The van der Waals surface area contributed by atoms with E-state index in [1.165, 1.54) is 0 Å². The zero-order valence-electron chi connectivity index (χ0n) is 5.61. The first-order valence-corrected chi connectivity index (χ1v) is 3.42. The van der Waals surface area contributed by atoms with Gasteiger partial charge in [0.15, 0.2) is 0 Å². The summed E-state index contributed by atoms with van der Waals surface area (Å²) in [4.78, 5) is 0. The highest BCUT2D eigenvalue weighted by Crippen LogP contribution is 2.20. The third-order valence-corrected chi connectivity index (χ3v) is 1.50. The van der Waals surface area contributed by atoms with Gasteiger partial charge in [-0.15, -0.1) is 6.58 Å². The van der Waals surface area contributed by atoms with Gasteiger partial charge in [0.05, 0.1) is 0 Å². The maximum Gasteiger partial charge on any atom is 0.00450 e. The molecule has 0 aromatic heterocycles. The van der Waals surface area contributed by atoms with Gasteiger partial charge in [0.1, 0.15) is 0 Å². The number of rotatable bonds is 3. The Labute approximate surface area is 57.4 Å². The number of hydrogen-bond acceptors (Lipinski definition) is 0. The summed E-state index contributed by atoms with van der Waals surface area (Å²) in [5.74, 6) is 0.832. The van der Waals surface area contributed by atoms with Gasteiger partial charge in [-0.3, -0.25) is 0 Å². The van der Waals surface area contributed by atoms with E-state index in [1.54, 1.807) is 0 Å². The summed E-state index contributed by atoms with van der Waals surface area (Å²) in [5.41, 5.74) is 0.252. The minimum atomic E-state index is 0.252. The fourth-order valence-corrected chi connectivity index (χ4v) is 0.891. The van der Waals surface area contributed by atoms with Crippen molar-refractivity contribution in [2.75, 3.05) is 5.75 Å². The standard InChI is InChI=1S/C7H13S/c1-4-7(2,3)5-6-8/h4H,1,5-6H2,2-3H3. The largest absolute Gasteiger partial charge is 0.103 e. The molecule has 0 aliphatic carbocycles. The average Bonchev–Trinajstić information content (AvgIpc) is 1.67. The van der Waals surface area contributed by atoms with Crippen LogP contribution in [-0.4, -0.2) is 5.75 Å². The van der Waals surface area contributed by atoms with Gasteiger partial charge < -0.3 is 0 Å². The summed E-state index contributed by atoms with van der Waals surface area (Å²) < 4.78 is 0. The van der Waals surface area contributed by atoms with E-state index in [1.807, 2.05) is 6.08 Å². The molecule has 0 aliphatic rings. The minimum Gasteiger partial charge on any atom is -0.103 e. The molecule has 0 saturated heterocycles. The van der Waals surface area contributed by atoms with Crippen LogP contribution in [0.15, 0.2) is 12.7 Å². The van der Waals surface area contributed by atoms with E-state index in [2.05, 4.69) is 20.4 Å². The molecule has 1 heteroatoms. The van der Waals surface area contributed by atoms with E-state index in [0.29, 0.717) is 0 Å². The molecule has 0 aromatic carbocycles. The topological polar surface area (TPSA) is 0 Å². The van der Waals surface area contributed by atoms with E-state index in [0.717, 1.165) is 12.2 Å². The maximum atomic E-state index is 4.82. The highest BCUT2D eigenvalue weighted by molar-refractivity contribution is 7.80. The molecule has 8 heavy (non-hydrogen) atoms. The normalized spacial score (nSPS) is 11.4. The van der Waals surface area contributed by atoms with Crippen molar-refractivity contribution in [1.82, 2.24) is 0 Å². The van der Waals surface area contributed by atoms with Crippen LogP contribution in [0, 0.1) is 5.41 Å². The molecular weight excluding hydrogens is 116 g/mol. The third kappa shape index (κ3) is 3.14. The molecule has 0 rings (SSSR count). The molecule has 0 bridgehead atoms. The van der Waals surface area contributed by atoms with E-state index in [-0.39, 0.29) is 5.41 Å². The first-order valence-electron chi connectivity index (χ1n) is 2.84. The Kier molecular flexibility index (Phi) is 3.22. The second-order valence-electron chi connectivity index (χ2n) is 2.65. The van der Waals surface area contributed by atoms with Crippen molar-refractivity contribution in [1.29, 1.82) is 0 Å². The molecule has 0 unspecified atom stereocenters. The molecule has 0 spiro atoms. The Morgan fingerprint density at radius 3 is 2.25 bits per heavy atom. The fraction of sp³-hybridized carbons (Fsp3) is 0.714. The lowest BCUT2D eigenvalue weighted by atomic mass is 9.91. The number of allylic oxidation sites excluding steroid dienone is 1. The molecule has 0 amide bonds. The molecule has 0 nitrogen and oxygen atoms in total. The second-order valence-corrected chi connectivity index (χ2v) is 3.06. The van der Waals surface area contributed by atoms with Crippen LogP contribution in [0.1, 0.15) is 20.3 Å². The second kappa shape index (κ2) is 3.18. The summed E-state index contributed by atoms with van der Waals surface area (Å²) in [5, 5.41) is 0. The van der Waals surface area contributed by atoms with E-state index < -0.39 is 0 Å². The highest BCUT2D eigenvalue weighted by atomic mass is 32.1. The molecule has 0 saturated carbocycles. The van der Waals surface area contributed by atoms with Gasteiger partial charge in [-0.05, 0) is 11.8 Å². The molecule has 0 atom stereocenters. The van der Waals surface area contributed by atoms with E-state index in [4.69, 9.17) is 12.6 Å². The van der Waals surface area contributed by atoms with Crippen molar-refractivity contribution in [3.8, 4) is 0 Å². The van der Waals surface area contributed by atoms with Crippen LogP contribution in [0.2, 0.25) is 0 Å². The van der Waals surface area contributed by atoms with Gasteiger partial charge in [0.2, 0.25) is 0 Å². The predicted octanol–water partition coefficient (Wildman–Crippen LogP) is 2.79. The van der Waals surface area contributed by atoms with Gasteiger partial charge in [0.25, 0.3) is 0 Å². The SMILES string of the molecule is C=CC(C)(C)CC[S]. The Morgan fingerprint density at radius 1 is 1.62 bits per heavy atom. The molecule has 0 heterocycles. The Balaban J connectivity index is 3.53. The molecule has 0 N–H and O–H groups in total. The quantitative estimate of drug-likeness (QED) is 0.514. The molecule has 0 aromatic rings. The lowest BCUT2D eigenvalue weighted by molar-refractivity contribution is 0.468. The average molecular weight is 129 g/mol. The van der Waals surface area contributed by atoms with Crippen molar-refractivity contribution in [3.63, 3.8) is 0 Å². The van der Waals surface area contributed by atoms with E-state index >= 15 is 0 Å². The van der Waals surface area contributed by atoms with Gasteiger partial charge in [-0.2, -0.15) is 0 Å². The van der Waals surface area contributed by atoms with Crippen LogP contribution >= 0.6 is 12.6 Å². The maximum absolute atomic E-state index is 4.82. The Bertz CT molecular complexity index is 74.5. The van der Waals surface area contributed by atoms with E-state index in [9.17, 15) is 0 Å². The summed E-state index contributed by atoms with van der Waals surface area (Å²) in [6.07, 6.45) is 3.02. The Hall–Kier alpha value is 0.0900. The zero-order valence-corrected chi connectivity index (χ0v) is 6.42.